The summed E-state index contributed by atoms with van der Waals surface area (Å²) < 4.78 is 11.3. The maximum Gasteiger partial charge on any atom is 0.265 e. The van der Waals surface area contributed by atoms with E-state index in [0.29, 0.717) is 5.92 Å². The van der Waals surface area contributed by atoms with E-state index in [1.165, 1.54) is 5.56 Å². The fraction of sp³-hybridized carbons (Fsp3) is 0.435. The van der Waals surface area contributed by atoms with Crippen LogP contribution in [0.3, 0.4) is 0 Å². The summed E-state index contributed by atoms with van der Waals surface area (Å²) in [4.78, 5) is 14.9. The zero-order valence-electron chi connectivity index (χ0n) is 17.0. The van der Waals surface area contributed by atoms with Crippen molar-refractivity contribution >= 4 is 11.6 Å². The summed E-state index contributed by atoms with van der Waals surface area (Å²) in [5, 5.41) is 2.94. The van der Waals surface area contributed by atoms with E-state index in [9.17, 15) is 4.79 Å². The molecule has 3 rings (SSSR count). The summed E-state index contributed by atoms with van der Waals surface area (Å²) >= 11 is 0. The molecule has 5 nitrogen and oxygen atoms in total. The van der Waals surface area contributed by atoms with Crippen molar-refractivity contribution < 1.29 is 14.3 Å². The van der Waals surface area contributed by atoms with Gasteiger partial charge >= 0.3 is 0 Å². The zero-order chi connectivity index (χ0) is 19.9. The molecule has 1 aliphatic rings. The van der Waals surface area contributed by atoms with E-state index in [-0.39, 0.29) is 5.91 Å². The predicted molar refractivity (Wildman–Crippen MR) is 112 cm³/mol. The van der Waals surface area contributed by atoms with Crippen molar-refractivity contribution in [3.8, 4) is 5.75 Å². The Morgan fingerprint density at radius 2 is 1.75 bits per heavy atom. The van der Waals surface area contributed by atoms with Crippen molar-refractivity contribution in [2.75, 3.05) is 31.6 Å². The molecule has 150 valence electrons. The minimum atomic E-state index is -0.576. The van der Waals surface area contributed by atoms with E-state index in [4.69, 9.17) is 9.47 Å². The topological polar surface area (TPSA) is 50.8 Å². The van der Waals surface area contributed by atoms with Crippen molar-refractivity contribution in [2.45, 2.75) is 39.3 Å². The lowest BCUT2D eigenvalue weighted by atomic mass is 10.0. The highest BCUT2D eigenvalue weighted by molar-refractivity contribution is 5.94. The molecule has 5 heteroatoms. The number of hydrogen-bond donors (Lipinski definition) is 1. The molecule has 1 N–H and O–H groups in total. The Morgan fingerprint density at radius 3 is 2.43 bits per heavy atom. The van der Waals surface area contributed by atoms with Crippen LogP contribution in [0.5, 0.6) is 5.75 Å². The maximum absolute atomic E-state index is 12.5. The van der Waals surface area contributed by atoms with Gasteiger partial charge < -0.3 is 14.8 Å². The lowest BCUT2D eigenvalue weighted by Crippen LogP contribution is -2.35. The summed E-state index contributed by atoms with van der Waals surface area (Å²) in [6.07, 6.45) is -0.576. The molecule has 1 unspecified atom stereocenters. The summed E-state index contributed by atoms with van der Waals surface area (Å²) in [7, 11) is 0. The van der Waals surface area contributed by atoms with Crippen LogP contribution in [0.2, 0.25) is 0 Å². The highest BCUT2D eigenvalue weighted by Gasteiger charge is 2.17. The van der Waals surface area contributed by atoms with Crippen LogP contribution < -0.4 is 10.1 Å². The Bertz CT molecular complexity index is 768. The van der Waals surface area contributed by atoms with Crippen LogP contribution in [-0.4, -0.2) is 43.2 Å². The van der Waals surface area contributed by atoms with Crippen LogP contribution in [0.15, 0.2) is 48.5 Å². The normalized spacial score (nSPS) is 16.0. The fourth-order valence-electron chi connectivity index (χ4n) is 3.26. The number of hydrogen-bond acceptors (Lipinski definition) is 4. The Morgan fingerprint density at radius 1 is 1.07 bits per heavy atom. The first kappa shape index (κ1) is 20.4. The number of anilines is 1. The van der Waals surface area contributed by atoms with E-state index in [1.54, 1.807) is 6.92 Å². The summed E-state index contributed by atoms with van der Waals surface area (Å²) in [5.74, 6) is 0.950. The Hall–Kier alpha value is -2.37. The predicted octanol–water partition coefficient (Wildman–Crippen LogP) is 4.05. The minimum absolute atomic E-state index is 0.153. The minimum Gasteiger partial charge on any atom is -0.481 e. The van der Waals surface area contributed by atoms with Crippen LogP contribution in [0.1, 0.15) is 37.8 Å². The molecule has 1 amide bonds. The quantitative estimate of drug-likeness (QED) is 0.785. The van der Waals surface area contributed by atoms with E-state index in [2.05, 4.69) is 36.2 Å². The lowest BCUT2D eigenvalue weighted by Gasteiger charge is -2.26. The number of ether oxygens (including phenoxy) is 2. The number of morpholine rings is 1. The van der Waals surface area contributed by atoms with Crippen LogP contribution in [0.25, 0.3) is 0 Å². The number of amides is 1. The Balaban J connectivity index is 1.55. The second-order valence-corrected chi connectivity index (χ2v) is 7.53. The van der Waals surface area contributed by atoms with Crippen LogP contribution >= 0.6 is 0 Å². The summed E-state index contributed by atoms with van der Waals surface area (Å²) in [6, 6.07) is 15.9. The van der Waals surface area contributed by atoms with Crippen molar-refractivity contribution in [3.05, 3.63) is 59.7 Å². The van der Waals surface area contributed by atoms with Crippen LogP contribution in [0, 0.1) is 0 Å². The van der Waals surface area contributed by atoms with E-state index >= 15 is 0 Å². The number of benzene rings is 2. The molecule has 0 bridgehead atoms. The second-order valence-electron chi connectivity index (χ2n) is 7.53. The van der Waals surface area contributed by atoms with Crippen molar-refractivity contribution in [2.24, 2.45) is 0 Å². The van der Waals surface area contributed by atoms with Gasteiger partial charge in [-0.2, -0.15) is 0 Å². The number of carbonyl (C=O) groups excluding carboxylic acids is 1. The van der Waals surface area contributed by atoms with Crippen molar-refractivity contribution in [1.29, 1.82) is 0 Å². The maximum atomic E-state index is 12.5. The van der Waals surface area contributed by atoms with Gasteiger partial charge in [0.25, 0.3) is 5.91 Å². The first-order valence-corrected chi connectivity index (χ1v) is 9.98. The largest absolute Gasteiger partial charge is 0.481 e. The molecule has 0 radical (unpaired) electrons. The fourth-order valence-corrected chi connectivity index (χ4v) is 3.26. The lowest BCUT2D eigenvalue weighted by molar-refractivity contribution is -0.122. The van der Waals surface area contributed by atoms with Gasteiger partial charge in [-0.05, 0) is 42.2 Å². The monoisotopic (exact) mass is 382 g/mol. The van der Waals surface area contributed by atoms with Gasteiger partial charge in [-0.25, -0.2) is 0 Å². The second kappa shape index (κ2) is 9.71. The molecule has 28 heavy (non-hydrogen) atoms. The Kier molecular flexibility index (Phi) is 7.06. The third-order valence-corrected chi connectivity index (χ3v) is 4.95. The smallest absolute Gasteiger partial charge is 0.265 e. The number of para-hydroxylation sites is 1. The van der Waals surface area contributed by atoms with Gasteiger partial charge in [-0.3, -0.25) is 9.69 Å². The molecule has 2 aromatic rings. The highest BCUT2D eigenvalue weighted by atomic mass is 16.5. The van der Waals surface area contributed by atoms with Gasteiger partial charge in [0, 0.05) is 25.3 Å². The average Bonchev–Trinajstić information content (AvgIpc) is 2.70. The van der Waals surface area contributed by atoms with Gasteiger partial charge in [0.15, 0.2) is 6.10 Å². The Labute approximate surface area is 167 Å². The average molecular weight is 383 g/mol. The number of nitrogens with zero attached hydrogens (tertiary/aromatic N) is 1. The van der Waals surface area contributed by atoms with E-state index < -0.39 is 6.10 Å². The van der Waals surface area contributed by atoms with Crippen LogP contribution in [-0.2, 0) is 16.1 Å². The van der Waals surface area contributed by atoms with E-state index in [1.807, 2.05) is 36.4 Å². The molecule has 0 aliphatic carbocycles. The highest BCUT2D eigenvalue weighted by Crippen LogP contribution is 2.27. The summed E-state index contributed by atoms with van der Waals surface area (Å²) in [5.41, 5.74) is 3.12. The molecule has 0 spiro atoms. The first-order chi connectivity index (χ1) is 13.5. The van der Waals surface area contributed by atoms with Gasteiger partial charge in [-0.1, -0.05) is 44.2 Å². The number of rotatable bonds is 7. The molecule has 1 saturated heterocycles. The molecule has 2 aromatic carbocycles. The third kappa shape index (κ3) is 5.57. The standard InChI is InChI=1S/C23H30N2O3/c1-17(2)21-6-4-5-7-22(21)28-18(3)23(26)24-20-10-8-19(9-11-20)16-25-12-14-27-15-13-25/h4-11,17-18H,12-16H2,1-3H3,(H,24,26). The molecule has 1 aliphatic heterocycles. The van der Waals surface area contributed by atoms with Crippen molar-refractivity contribution in [3.63, 3.8) is 0 Å². The third-order valence-electron chi connectivity index (χ3n) is 4.95. The molecular formula is C23H30N2O3. The SMILES string of the molecule is CC(Oc1ccccc1C(C)C)C(=O)Nc1ccc(CN2CCOCC2)cc1. The molecule has 0 aromatic heterocycles. The molecule has 1 heterocycles. The van der Waals surface area contributed by atoms with E-state index in [0.717, 1.165) is 49.8 Å². The zero-order valence-corrected chi connectivity index (χ0v) is 17.0. The number of carbonyl (C=O) groups is 1. The van der Waals surface area contributed by atoms with Crippen LogP contribution in [0.4, 0.5) is 5.69 Å². The first-order valence-electron chi connectivity index (χ1n) is 9.98. The number of nitrogens with one attached hydrogen (secondary N) is 1. The van der Waals surface area contributed by atoms with Gasteiger partial charge in [0.05, 0.1) is 13.2 Å². The van der Waals surface area contributed by atoms with Crippen molar-refractivity contribution in [1.82, 2.24) is 4.90 Å². The summed E-state index contributed by atoms with van der Waals surface area (Å²) in [6.45, 7) is 10.4. The van der Waals surface area contributed by atoms with Gasteiger partial charge in [0.1, 0.15) is 5.75 Å². The molecular weight excluding hydrogens is 352 g/mol. The molecule has 1 fully saturated rings. The molecule has 0 saturated carbocycles. The van der Waals surface area contributed by atoms with Gasteiger partial charge in [-0.15, -0.1) is 0 Å². The molecule has 1 atom stereocenters. The van der Waals surface area contributed by atoms with Gasteiger partial charge in [0.2, 0.25) is 0 Å².